The van der Waals surface area contributed by atoms with E-state index in [0.29, 0.717) is 17.0 Å². The fourth-order valence-corrected chi connectivity index (χ4v) is 4.94. The van der Waals surface area contributed by atoms with Gasteiger partial charge in [0.2, 0.25) is 0 Å². The second-order valence-corrected chi connectivity index (χ2v) is 8.29. The van der Waals surface area contributed by atoms with Gasteiger partial charge in [0.1, 0.15) is 17.6 Å². The number of methoxy groups -OCH3 is 1. The first kappa shape index (κ1) is 20.3. The Morgan fingerprint density at radius 3 is 2.38 bits per heavy atom. The molecule has 0 spiro atoms. The molecule has 0 saturated carbocycles. The van der Waals surface area contributed by atoms with E-state index in [1.54, 1.807) is 18.6 Å². The summed E-state index contributed by atoms with van der Waals surface area (Å²) in [5.41, 5.74) is 0.875. The Morgan fingerprint density at radius 1 is 1.03 bits per heavy atom. The number of amides is 1. The zero-order chi connectivity index (χ0) is 22.1. The van der Waals surface area contributed by atoms with Crippen molar-refractivity contribution in [2.75, 3.05) is 7.11 Å². The van der Waals surface area contributed by atoms with Gasteiger partial charge in [-0.15, -0.1) is 0 Å². The Labute approximate surface area is 186 Å². The molecule has 2 saturated heterocycles. The molecule has 0 radical (unpaired) electrons. The predicted octanol–water partition coefficient (Wildman–Crippen LogP) is 3.46. The molecule has 164 valence electrons. The summed E-state index contributed by atoms with van der Waals surface area (Å²) < 4.78 is 13.1. The first-order chi connectivity index (χ1) is 15.6. The molecule has 32 heavy (non-hydrogen) atoms. The SMILES string of the molecule is COc1cc(=O)n(-c2ccccc2)cc1C(=O)N1C2CCC1CC(Oc1ccncc1)C2. The molecule has 5 rings (SSSR count). The number of carbonyl (C=O) groups excluding carboxylic acids is 1. The van der Waals surface area contributed by atoms with Crippen molar-refractivity contribution in [3.63, 3.8) is 0 Å². The van der Waals surface area contributed by atoms with E-state index >= 15 is 0 Å². The van der Waals surface area contributed by atoms with Crippen LogP contribution in [0.15, 0.2) is 71.9 Å². The van der Waals surface area contributed by atoms with Gasteiger partial charge in [0, 0.05) is 55.3 Å². The first-order valence-electron chi connectivity index (χ1n) is 10.9. The normalized spacial score (nSPS) is 21.9. The Bertz CT molecular complexity index is 1150. The van der Waals surface area contributed by atoms with E-state index in [2.05, 4.69) is 4.98 Å². The highest BCUT2D eigenvalue weighted by Crippen LogP contribution is 2.39. The predicted molar refractivity (Wildman–Crippen MR) is 119 cm³/mol. The standard InChI is InChI=1S/C25H25N3O4/c1-31-23-15-24(29)27(17-5-3-2-4-6-17)16-22(23)25(30)28-18-7-8-19(28)14-21(13-18)32-20-9-11-26-12-10-20/h2-6,9-12,15-16,18-19,21H,7-8,13-14H2,1H3. The van der Waals surface area contributed by atoms with Crippen LogP contribution in [-0.2, 0) is 0 Å². The van der Waals surface area contributed by atoms with E-state index < -0.39 is 0 Å². The van der Waals surface area contributed by atoms with Crippen molar-refractivity contribution < 1.29 is 14.3 Å². The highest BCUT2D eigenvalue weighted by Gasteiger charge is 2.45. The molecule has 4 heterocycles. The molecular formula is C25H25N3O4. The lowest BCUT2D eigenvalue weighted by molar-refractivity contribution is 0.0355. The van der Waals surface area contributed by atoms with Crippen LogP contribution in [0.25, 0.3) is 5.69 Å². The molecule has 2 atom stereocenters. The van der Waals surface area contributed by atoms with E-state index in [-0.39, 0.29) is 29.7 Å². The van der Waals surface area contributed by atoms with Gasteiger partial charge in [-0.3, -0.25) is 19.1 Å². The van der Waals surface area contributed by atoms with E-state index in [9.17, 15) is 9.59 Å². The van der Waals surface area contributed by atoms with E-state index in [1.807, 2.05) is 47.4 Å². The number of fused-ring (bicyclic) bond motifs is 2. The second kappa shape index (κ2) is 8.49. The van der Waals surface area contributed by atoms with Gasteiger partial charge in [-0.25, -0.2) is 0 Å². The number of aromatic nitrogens is 2. The summed E-state index contributed by atoms with van der Waals surface area (Å²) in [6.45, 7) is 0. The molecule has 0 aliphatic carbocycles. The minimum Gasteiger partial charge on any atom is -0.496 e. The van der Waals surface area contributed by atoms with Crippen LogP contribution in [0.5, 0.6) is 11.5 Å². The molecular weight excluding hydrogens is 406 g/mol. The molecule has 1 aromatic carbocycles. The van der Waals surface area contributed by atoms with Gasteiger partial charge in [-0.2, -0.15) is 0 Å². The third-order valence-electron chi connectivity index (χ3n) is 6.38. The van der Waals surface area contributed by atoms with Crippen LogP contribution in [0, 0.1) is 0 Å². The minimum atomic E-state index is -0.239. The molecule has 2 unspecified atom stereocenters. The number of rotatable bonds is 5. The Hall–Kier alpha value is -3.61. The molecule has 3 aromatic rings. The van der Waals surface area contributed by atoms with Crippen molar-refractivity contribution in [3.8, 4) is 17.2 Å². The molecule has 0 N–H and O–H groups in total. The van der Waals surface area contributed by atoms with Crippen LogP contribution in [0.1, 0.15) is 36.0 Å². The summed E-state index contributed by atoms with van der Waals surface area (Å²) in [4.78, 5) is 32.3. The lowest BCUT2D eigenvalue weighted by Crippen LogP contribution is -2.49. The monoisotopic (exact) mass is 431 g/mol. The van der Waals surface area contributed by atoms with Crippen molar-refractivity contribution in [1.82, 2.24) is 14.5 Å². The zero-order valence-electron chi connectivity index (χ0n) is 17.9. The number of benzene rings is 1. The summed E-state index contributed by atoms with van der Waals surface area (Å²) in [6.07, 6.45) is 8.58. The molecule has 2 bridgehead atoms. The molecule has 7 heteroatoms. The Morgan fingerprint density at radius 2 is 1.72 bits per heavy atom. The van der Waals surface area contributed by atoms with Crippen LogP contribution in [0.2, 0.25) is 0 Å². The van der Waals surface area contributed by atoms with E-state index in [4.69, 9.17) is 9.47 Å². The van der Waals surface area contributed by atoms with Crippen molar-refractivity contribution in [2.24, 2.45) is 0 Å². The van der Waals surface area contributed by atoms with Crippen molar-refractivity contribution >= 4 is 5.91 Å². The van der Waals surface area contributed by atoms with Crippen LogP contribution in [-0.4, -0.2) is 45.7 Å². The molecule has 2 aliphatic rings. The highest BCUT2D eigenvalue weighted by atomic mass is 16.5. The van der Waals surface area contributed by atoms with Crippen molar-refractivity contribution in [3.05, 3.63) is 83.0 Å². The van der Waals surface area contributed by atoms with Gasteiger partial charge < -0.3 is 14.4 Å². The van der Waals surface area contributed by atoms with Gasteiger partial charge in [-0.05, 0) is 37.1 Å². The van der Waals surface area contributed by atoms with Crippen molar-refractivity contribution in [1.29, 1.82) is 0 Å². The van der Waals surface area contributed by atoms with Crippen LogP contribution >= 0.6 is 0 Å². The number of nitrogens with zero attached hydrogens (tertiary/aromatic N) is 3. The highest BCUT2D eigenvalue weighted by molar-refractivity contribution is 5.97. The molecule has 2 aromatic heterocycles. The number of para-hydroxylation sites is 1. The zero-order valence-corrected chi connectivity index (χ0v) is 17.9. The second-order valence-electron chi connectivity index (χ2n) is 8.29. The van der Waals surface area contributed by atoms with Gasteiger partial charge in [0.15, 0.2) is 0 Å². The summed E-state index contributed by atoms with van der Waals surface area (Å²) >= 11 is 0. The van der Waals surface area contributed by atoms with Crippen LogP contribution < -0.4 is 15.0 Å². The number of carbonyl (C=O) groups is 1. The Kier molecular flexibility index (Phi) is 5.39. The van der Waals surface area contributed by atoms with Gasteiger partial charge in [0.05, 0.1) is 12.7 Å². The van der Waals surface area contributed by atoms with Gasteiger partial charge in [0.25, 0.3) is 11.5 Å². The maximum Gasteiger partial charge on any atom is 0.259 e. The molecule has 1 amide bonds. The first-order valence-corrected chi connectivity index (χ1v) is 10.9. The average Bonchev–Trinajstić information content (AvgIpc) is 3.09. The van der Waals surface area contributed by atoms with Gasteiger partial charge in [-0.1, -0.05) is 18.2 Å². The number of hydrogen-bond acceptors (Lipinski definition) is 5. The summed E-state index contributed by atoms with van der Waals surface area (Å²) in [6, 6.07) is 14.6. The largest absolute Gasteiger partial charge is 0.496 e. The lowest BCUT2D eigenvalue weighted by Gasteiger charge is -2.39. The van der Waals surface area contributed by atoms with E-state index in [0.717, 1.165) is 31.4 Å². The number of pyridine rings is 2. The lowest BCUT2D eigenvalue weighted by atomic mass is 9.98. The third-order valence-corrected chi connectivity index (χ3v) is 6.38. The molecule has 2 fully saturated rings. The fourth-order valence-electron chi connectivity index (χ4n) is 4.94. The van der Waals surface area contributed by atoms with Crippen molar-refractivity contribution in [2.45, 2.75) is 43.9 Å². The van der Waals surface area contributed by atoms with Crippen LogP contribution in [0.4, 0.5) is 0 Å². The van der Waals surface area contributed by atoms with Gasteiger partial charge >= 0.3 is 0 Å². The summed E-state index contributed by atoms with van der Waals surface area (Å²) in [5, 5.41) is 0. The average molecular weight is 431 g/mol. The van der Waals surface area contributed by atoms with Crippen LogP contribution in [0.3, 0.4) is 0 Å². The quantitative estimate of drug-likeness (QED) is 0.619. The maximum absolute atomic E-state index is 13.7. The summed E-state index contributed by atoms with van der Waals surface area (Å²) in [5.74, 6) is 1.02. The number of ether oxygens (including phenoxy) is 2. The minimum absolute atomic E-state index is 0.0686. The molecule has 2 aliphatic heterocycles. The summed E-state index contributed by atoms with van der Waals surface area (Å²) in [7, 11) is 1.49. The smallest absolute Gasteiger partial charge is 0.259 e. The molecule has 7 nitrogen and oxygen atoms in total. The maximum atomic E-state index is 13.7. The third kappa shape index (κ3) is 3.75. The number of hydrogen-bond donors (Lipinski definition) is 0. The topological polar surface area (TPSA) is 73.7 Å². The number of piperidine rings is 1. The Balaban J connectivity index is 1.42. The fraction of sp³-hybridized carbons (Fsp3) is 0.320. The van der Waals surface area contributed by atoms with E-state index in [1.165, 1.54) is 17.7 Å².